The first-order valence-electron chi connectivity index (χ1n) is 8.86. The molecule has 3 rings (SSSR count). The summed E-state index contributed by atoms with van der Waals surface area (Å²) in [6.45, 7) is 0.786. The van der Waals surface area contributed by atoms with Gasteiger partial charge >= 0.3 is 12.7 Å². The molecule has 3 atom stereocenters. The topological polar surface area (TPSA) is 84.8 Å². The minimum absolute atomic E-state index is 0.00828. The maximum absolute atomic E-state index is 12.2. The zero-order chi connectivity index (χ0) is 20.3. The summed E-state index contributed by atoms with van der Waals surface area (Å²) in [7, 11) is 0. The van der Waals surface area contributed by atoms with Gasteiger partial charge in [0.05, 0.1) is 6.10 Å². The molecule has 0 radical (unpaired) electrons. The molecule has 1 fully saturated rings. The summed E-state index contributed by atoms with van der Waals surface area (Å²) in [4.78, 5) is 22.0. The van der Waals surface area contributed by atoms with Crippen LogP contribution in [-0.4, -0.2) is 46.5 Å². The maximum Gasteiger partial charge on any atom is 0.416 e. The number of nitrogens with zero attached hydrogens (tertiary/aromatic N) is 3. The Bertz CT molecular complexity index is 817. The highest BCUT2D eigenvalue weighted by molar-refractivity contribution is 5.89. The largest absolute Gasteiger partial charge is 0.447 e. The third kappa shape index (κ3) is 4.53. The third-order valence-electron chi connectivity index (χ3n) is 4.56. The lowest BCUT2D eigenvalue weighted by Gasteiger charge is -2.22. The van der Waals surface area contributed by atoms with E-state index in [4.69, 9.17) is 4.74 Å². The zero-order valence-corrected chi connectivity index (χ0v) is 15.5. The van der Waals surface area contributed by atoms with E-state index in [1.807, 2.05) is 6.92 Å². The second kappa shape index (κ2) is 8.47. The lowest BCUT2D eigenvalue weighted by Crippen LogP contribution is -2.41. The highest BCUT2D eigenvalue weighted by Gasteiger charge is 2.38. The van der Waals surface area contributed by atoms with E-state index in [-0.39, 0.29) is 18.3 Å². The summed E-state index contributed by atoms with van der Waals surface area (Å²) in [6.07, 6.45) is 0.704. The Morgan fingerprint density at radius 1 is 1.29 bits per heavy atom. The van der Waals surface area contributed by atoms with Crippen molar-refractivity contribution in [1.82, 2.24) is 9.97 Å². The Kier molecular flexibility index (Phi) is 6.03. The molecule has 1 N–H and O–H groups in total. The van der Waals surface area contributed by atoms with Gasteiger partial charge in [0.1, 0.15) is 30.0 Å². The molecular weight excluding hydrogens is 372 g/mol. The van der Waals surface area contributed by atoms with E-state index in [0.717, 1.165) is 5.56 Å². The van der Waals surface area contributed by atoms with Gasteiger partial charge in [0.15, 0.2) is 0 Å². The van der Waals surface area contributed by atoms with Gasteiger partial charge in [-0.25, -0.2) is 14.8 Å². The van der Waals surface area contributed by atoms with Crippen molar-refractivity contribution < 1.29 is 28.2 Å². The molecule has 1 aromatic heterocycles. The first-order valence-corrected chi connectivity index (χ1v) is 8.86. The van der Waals surface area contributed by atoms with Crippen molar-refractivity contribution in [1.29, 1.82) is 0 Å². The molecule has 1 saturated heterocycles. The number of cyclic esters (lactones) is 1. The lowest BCUT2D eigenvalue weighted by molar-refractivity contribution is -0.0498. The van der Waals surface area contributed by atoms with Crippen LogP contribution in [0.4, 0.5) is 19.4 Å². The average Bonchev–Trinajstić information content (AvgIpc) is 3.04. The smallest absolute Gasteiger partial charge is 0.416 e. The number of aliphatic hydroxyl groups is 1. The van der Waals surface area contributed by atoms with Crippen molar-refractivity contribution in [3.8, 4) is 5.75 Å². The number of hydrogen-bond donors (Lipinski definition) is 1. The summed E-state index contributed by atoms with van der Waals surface area (Å²) in [6, 6.07) is 7.49. The molecule has 1 aliphatic rings. The quantitative estimate of drug-likeness (QED) is 0.778. The molecule has 7 nitrogen and oxygen atoms in total. The van der Waals surface area contributed by atoms with Crippen LogP contribution in [-0.2, 0) is 11.2 Å². The minimum atomic E-state index is -2.86. The fraction of sp³-hybridized carbons (Fsp3) is 0.421. The molecular formula is C19H21F2N3O4. The molecule has 9 heteroatoms. The number of amides is 1. The van der Waals surface area contributed by atoms with Crippen LogP contribution >= 0.6 is 0 Å². The standard InChI is InChI=1S/C19H21F2N3O4/c1-11(13-3-5-14(6-4-13)28-18(20)21)9-16-22-8-7-17(23-16)24-15(12(2)25)10-27-19(24)26/h3-8,11-12,15,18,25H,9-10H2,1-2H3/t11-,12-,15-/m1/s1. The summed E-state index contributed by atoms with van der Waals surface area (Å²) in [5.41, 5.74) is 0.915. The Labute approximate surface area is 160 Å². The SMILES string of the molecule is C[C@H](Cc1nccc(N2C(=O)OC[C@@H]2[C@@H](C)O)n1)c1ccc(OC(F)F)cc1. The number of carbonyl (C=O) groups is 1. The number of hydrogen-bond acceptors (Lipinski definition) is 6. The van der Waals surface area contributed by atoms with E-state index in [2.05, 4.69) is 14.7 Å². The van der Waals surface area contributed by atoms with Crippen molar-refractivity contribution in [3.05, 3.63) is 47.9 Å². The fourth-order valence-electron chi connectivity index (χ4n) is 3.04. The second-order valence-corrected chi connectivity index (χ2v) is 6.64. The molecule has 1 aromatic carbocycles. The van der Waals surface area contributed by atoms with Crippen molar-refractivity contribution in [3.63, 3.8) is 0 Å². The number of ether oxygens (including phenoxy) is 2. The lowest BCUT2D eigenvalue weighted by atomic mass is 9.97. The second-order valence-electron chi connectivity index (χ2n) is 6.64. The summed E-state index contributed by atoms with van der Waals surface area (Å²) >= 11 is 0. The van der Waals surface area contributed by atoms with Gasteiger partial charge in [-0.2, -0.15) is 8.78 Å². The third-order valence-corrected chi connectivity index (χ3v) is 4.56. The number of alkyl halides is 2. The van der Waals surface area contributed by atoms with E-state index in [1.54, 1.807) is 31.3 Å². The van der Waals surface area contributed by atoms with E-state index in [1.165, 1.54) is 17.0 Å². The van der Waals surface area contributed by atoms with E-state index in [0.29, 0.717) is 18.1 Å². The number of benzene rings is 1. The van der Waals surface area contributed by atoms with Gasteiger partial charge in [0, 0.05) is 12.6 Å². The van der Waals surface area contributed by atoms with E-state index >= 15 is 0 Å². The first kappa shape index (κ1) is 19.9. The molecule has 1 amide bonds. The van der Waals surface area contributed by atoms with Crippen LogP contribution in [0.2, 0.25) is 0 Å². The van der Waals surface area contributed by atoms with Crippen molar-refractivity contribution in [2.75, 3.05) is 11.5 Å². The van der Waals surface area contributed by atoms with Crippen molar-refractivity contribution >= 4 is 11.9 Å². The molecule has 2 aromatic rings. The Morgan fingerprint density at radius 3 is 2.64 bits per heavy atom. The molecule has 2 heterocycles. The van der Waals surface area contributed by atoms with Crippen LogP contribution in [0.1, 0.15) is 31.2 Å². The number of anilines is 1. The monoisotopic (exact) mass is 393 g/mol. The van der Waals surface area contributed by atoms with Gasteiger partial charge in [-0.3, -0.25) is 4.90 Å². The number of carbonyl (C=O) groups excluding carboxylic acids is 1. The number of aliphatic hydroxyl groups excluding tert-OH is 1. The van der Waals surface area contributed by atoms with Gasteiger partial charge in [-0.1, -0.05) is 19.1 Å². The van der Waals surface area contributed by atoms with Crippen LogP contribution in [0.3, 0.4) is 0 Å². The number of halogens is 2. The maximum atomic E-state index is 12.2. The molecule has 0 aliphatic carbocycles. The normalized spacial score (nSPS) is 18.9. The van der Waals surface area contributed by atoms with Gasteiger partial charge < -0.3 is 14.6 Å². The molecule has 28 heavy (non-hydrogen) atoms. The molecule has 1 aliphatic heterocycles. The van der Waals surface area contributed by atoms with Crippen LogP contribution in [0.25, 0.3) is 0 Å². The first-order chi connectivity index (χ1) is 13.3. The van der Waals surface area contributed by atoms with Gasteiger partial charge in [-0.05, 0) is 36.6 Å². The van der Waals surface area contributed by atoms with Crippen LogP contribution in [0, 0.1) is 0 Å². The fourth-order valence-corrected chi connectivity index (χ4v) is 3.04. The van der Waals surface area contributed by atoms with Crippen molar-refractivity contribution in [2.24, 2.45) is 0 Å². The number of rotatable bonds is 7. The predicted molar refractivity (Wildman–Crippen MR) is 96.5 cm³/mol. The van der Waals surface area contributed by atoms with Crippen LogP contribution in [0.5, 0.6) is 5.75 Å². The molecule has 0 saturated carbocycles. The van der Waals surface area contributed by atoms with Gasteiger partial charge in [0.25, 0.3) is 0 Å². The highest BCUT2D eigenvalue weighted by Crippen LogP contribution is 2.25. The average molecular weight is 393 g/mol. The number of aromatic nitrogens is 2. The summed E-state index contributed by atoms with van der Waals surface area (Å²) in [5.74, 6) is 0.989. The van der Waals surface area contributed by atoms with E-state index < -0.39 is 24.9 Å². The van der Waals surface area contributed by atoms with Crippen LogP contribution in [0.15, 0.2) is 36.5 Å². The highest BCUT2D eigenvalue weighted by atomic mass is 19.3. The summed E-state index contributed by atoms with van der Waals surface area (Å²) in [5, 5.41) is 9.87. The van der Waals surface area contributed by atoms with Crippen molar-refractivity contribution in [2.45, 2.75) is 44.9 Å². The summed E-state index contributed by atoms with van der Waals surface area (Å²) < 4.78 is 33.9. The molecule has 0 bridgehead atoms. The molecule has 150 valence electrons. The predicted octanol–water partition coefficient (Wildman–Crippen LogP) is 3.13. The molecule has 0 unspecified atom stereocenters. The minimum Gasteiger partial charge on any atom is -0.447 e. The zero-order valence-electron chi connectivity index (χ0n) is 15.5. The Morgan fingerprint density at radius 2 is 2.00 bits per heavy atom. The Balaban J connectivity index is 1.73. The molecule has 0 spiro atoms. The van der Waals surface area contributed by atoms with Gasteiger partial charge in [0.2, 0.25) is 0 Å². The van der Waals surface area contributed by atoms with E-state index in [9.17, 15) is 18.7 Å². The van der Waals surface area contributed by atoms with Gasteiger partial charge in [-0.15, -0.1) is 0 Å². The van der Waals surface area contributed by atoms with Crippen LogP contribution < -0.4 is 9.64 Å². The Hall–Kier alpha value is -2.81.